The van der Waals surface area contributed by atoms with Gasteiger partial charge in [0.15, 0.2) is 0 Å². The number of aliphatic hydroxyl groups excluding tert-OH is 1. The molecule has 4 rings (SSSR count). The Morgan fingerprint density at radius 3 is 2.74 bits per heavy atom. The average molecular weight is 309 g/mol. The van der Waals surface area contributed by atoms with Gasteiger partial charge in [-0.05, 0) is 35.2 Å². The second-order valence-corrected chi connectivity index (χ2v) is 6.26. The summed E-state index contributed by atoms with van der Waals surface area (Å²) in [5, 5.41) is 12.9. The molecule has 0 unspecified atom stereocenters. The maximum Gasteiger partial charge on any atom is 0.336 e. The minimum atomic E-state index is -0.306. The second kappa shape index (κ2) is 5.80. The third-order valence-electron chi connectivity index (χ3n) is 4.67. The Morgan fingerprint density at radius 2 is 1.91 bits per heavy atom. The van der Waals surface area contributed by atoms with Crippen LogP contribution in [0.4, 0.5) is 0 Å². The van der Waals surface area contributed by atoms with Crippen LogP contribution < -0.4 is 5.63 Å². The summed E-state index contributed by atoms with van der Waals surface area (Å²) < 4.78 is 5.40. The molecule has 23 heavy (non-hydrogen) atoms. The molecule has 0 aliphatic carbocycles. The molecule has 1 fully saturated rings. The summed E-state index contributed by atoms with van der Waals surface area (Å²) in [4.78, 5) is 14.2. The number of fused-ring (bicyclic) bond motifs is 3. The maximum absolute atomic E-state index is 11.9. The number of likely N-dealkylation sites (tertiary alicyclic amines) is 1. The van der Waals surface area contributed by atoms with Gasteiger partial charge in [0, 0.05) is 31.1 Å². The van der Waals surface area contributed by atoms with Gasteiger partial charge >= 0.3 is 5.63 Å². The van der Waals surface area contributed by atoms with Crippen molar-refractivity contribution in [3.05, 3.63) is 58.4 Å². The summed E-state index contributed by atoms with van der Waals surface area (Å²) in [7, 11) is 0. The van der Waals surface area contributed by atoms with Crippen molar-refractivity contribution >= 4 is 21.7 Å². The van der Waals surface area contributed by atoms with Gasteiger partial charge in [0.25, 0.3) is 0 Å². The normalized spacial score (nSPS) is 17.1. The van der Waals surface area contributed by atoms with Crippen LogP contribution in [-0.2, 0) is 6.54 Å². The monoisotopic (exact) mass is 309 g/mol. The van der Waals surface area contributed by atoms with Crippen LogP contribution in [0.5, 0.6) is 0 Å². The molecule has 2 heterocycles. The number of hydrogen-bond acceptors (Lipinski definition) is 4. The molecule has 4 heteroatoms. The highest BCUT2D eigenvalue weighted by Gasteiger charge is 2.19. The molecular formula is C19H19NO3. The summed E-state index contributed by atoms with van der Waals surface area (Å²) >= 11 is 0. The standard InChI is InChI=1S/C19H19NO3/c21-15-7-9-20(10-8-15)12-14-11-18(22)23-17-6-5-13-3-1-2-4-16(13)19(14)17/h1-6,11,15,21H,7-10,12H2. The van der Waals surface area contributed by atoms with E-state index in [1.54, 1.807) is 6.07 Å². The number of piperidine rings is 1. The van der Waals surface area contributed by atoms with Crippen molar-refractivity contribution in [2.45, 2.75) is 25.5 Å². The lowest BCUT2D eigenvalue weighted by Crippen LogP contribution is -2.35. The highest BCUT2D eigenvalue weighted by atomic mass is 16.4. The number of benzene rings is 2. The van der Waals surface area contributed by atoms with Gasteiger partial charge in [-0.25, -0.2) is 4.79 Å². The Morgan fingerprint density at radius 1 is 1.13 bits per heavy atom. The molecule has 0 atom stereocenters. The minimum absolute atomic E-state index is 0.190. The number of rotatable bonds is 2. The van der Waals surface area contributed by atoms with E-state index in [-0.39, 0.29) is 11.7 Å². The molecule has 0 radical (unpaired) electrons. The Labute approximate surface area is 133 Å². The third-order valence-corrected chi connectivity index (χ3v) is 4.67. The van der Waals surface area contributed by atoms with Crippen molar-refractivity contribution in [1.82, 2.24) is 4.90 Å². The molecular weight excluding hydrogens is 290 g/mol. The highest BCUT2D eigenvalue weighted by Crippen LogP contribution is 2.28. The molecule has 1 aromatic heterocycles. The van der Waals surface area contributed by atoms with Gasteiger partial charge in [-0.15, -0.1) is 0 Å². The number of nitrogens with zero attached hydrogens (tertiary/aromatic N) is 1. The molecule has 0 saturated carbocycles. The first-order valence-corrected chi connectivity index (χ1v) is 8.05. The molecule has 1 aliphatic heterocycles. The molecule has 0 spiro atoms. The van der Waals surface area contributed by atoms with Gasteiger partial charge < -0.3 is 9.52 Å². The van der Waals surface area contributed by atoms with E-state index in [2.05, 4.69) is 17.0 Å². The molecule has 118 valence electrons. The lowest BCUT2D eigenvalue weighted by Gasteiger charge is -2.29. The van der Waals surface area contributed by atoms with Gasteiger partial charge in [-0.2, -0.15) is 0 Å². The smallest absolute Gasteiger partial charge is 0.336 e. The Bertz CT molecular complexity index is 907. The maximum atomic E-state index is 11.9. The fraction of sp³-hybridized carbons (Fsp3) is 0.316. The lowest BCUT2D eigenvalue weighted by atomic mass is 10.0. The van der Waals surface area contributed by atoms with Crippen molar-refractivity contribution in [1.29, 1.82) is 0 Å². The first-order chi connectivity index (χ1) is 11.2. The predicted molar refractivity (Wildman–Crippen MR) is 90.5 cm³/mol. The predicted octanol–water partition coefficient (Wildman–Crippen LogP) is 2.90. The van der Waals surface area contributed by atoms with Gasteiger partial charge in [-0.1, -0.05) is 30.3 Å². The van der Waals surface area contributed by atoms with Gasteiger partial charge in [0.1, 0.15) is 5.58 Å². The van der Waals surface area contributed by atoms with Crippen molar-refractivity contribution in [3.63, 3.8) is 0 Å². The molecule has 1 saturated heterocycles. The highest BCUT2D eigenvalue weighted by molar-refractivity contribution is 6.07. The second-order valence-electron chi connectivity index (χ2n) is 6.26. The van der Waals surface area contributed by atoms with Crippen molar-refractivity contribution < 1.29 is 9.52 Å². The van der Waals surface area contributed by atoms with Crippen LogP contribution in [0.1, 0.15) is 18.4 Å². The van der Waals surface area contributed by atoms with Crippen molar-refractivity contribution in [2.24, 2.45) is 0 Å². The van der Waals surface area contributed by atoms with E-state index in [0.717, 1.165) is 47.7 Å². The summed E-state index contributed by atoms with van der Waals surface area (Å²) in [5.74, 6) is 0. The molecule has 1 aliphatic rings. The molecule has 4 nitrogen and oxygen atoms in total. The van der Waals surface area contributed by atoms with Crippen molar-refractivity contribution in [2.75, 3.05) is 13.1 Å². The largest absolute Gasteiger partial charge is 0.423 e. The topological polar surface area (TPSA) is 53.7 Å². The minimum Gasteiger partial charge on any atom is -0.423 e. The first-order valence-electron chi connectivity index (χ1n) is 8.05. The van der Waals surface area contributed by atoms with E-state index in [0.29, 0.717) is 12.1 Å². The third kappa shape index (κ3) is 2.76. The summed E-state index contributed by atoms with van der Waals surface area (Å²) in [5.41, 5.74) is 1.34. The number of hydrogen-bond donors (Lipinski definition) is 1. The molecule has 0 amide bonds. The van der Waals surface area contributed by atoms with E-state index in [4.69, 9.17) is 4.42 Å². The zero-order valence-corrected chi connectivity index (χ0v) is 12.9. The van der Waals surface area contributed by atoms with E-state index in [9.17, 15) is 9.90 Å². The van der Waals surface area contributed by atoms with E-state index < -0.39 is 0 Å². The average Bonchev–Trinajstić information content (AvgIpc) is 2.56. The molecule has 1 N–H and O–H groups in total. The zero-order chi connectivity index (χ0) is 15.8. The van der Waals surface area contributed by atoms with Crippen molar-refractivity contribution in [3.8, 4) is 0 Å². The van der Waals surface area contributed by atoms with Gasteiger partial charge in [0.2, 0.25) is 0 Å². The van der Waals surface area contributed by atoms with Crippen LogP contribution in [0, 0.1) is 0 Å². The van der Waals surface area contributed by atoms with Crippen LogP contribution in [0.25, 0.3) is 21.7 Å². The van der Waals surface area contributed by atoms with E-state index in [1.165, 1.54) is 0 Å². The summed E-state index contributed by atoms with van der Waals surface area (Å²) in [6.45, 7) is 2.42. The van der Waals surface area contributed by atoms with Crippen LogP contribution in [0.3, 0.4) is 0 Å². The van der Waals surface area contributed by atoms with Crippen LogP contribution in [0.15, 0.2) is 51.7 Å². The Hall–Kier alpha value is -2.17. The van der Waals surface area contributed by atoms with Gasteiger partial charge in [0.05, 0.1) is 6.10 Å². The van der Waals surface area contributed by atoms with E-state index >= 15 is 0 Å². The number of aliphatic hydroxyl groups is 1. The molecule has 2 aromatic carbocycles. The van der Waals surface area contributed by atoms with Crippen LogP contribution in [-0.4, -0.2) is 29.2 Å². The lowest BCUT2D eigenvalue weighted by molar-refractivity contribution is 0.0794. The zero-order valence-electron chi connectivity index (χ0n) is 12.9. The Kier molecular flexibility index (Phi) is 3.63. The SMILES string of the molecule is O=c1cc(CN2CCC(O)CC2)c2c(ccc3ccccc32)o1. The van der Waals surface area contributed by atoms with Crippen LogP contribution >= 0.6 is 0 Å². The summed E-state index contributed by atoms with van der Waals surface area (Å²) in [6.07, 6.45) is 1.39. The fourth-order valence-electron chi connectivity index (χ4n) is 3.46. The molecule has 3 aromatic rings. The Balaban J connectivity index is 1.84. The van der Waals surface area contributed by atoms with Gasteiger partial charge in [-0.3, -0.25) is 4.90 Å². The quantitative estimate of drug-likeness (QED) is 0.584. The fourth-order valence-corrected chi connectivity index (χ4v) is 3.46. The first kappa shape index (κ1) is 14.4. The molecule has 0 bridgehead atoms. The summed E-state index contributed by atoms with van der Waals surface area (Å²) in [6, 6.07) is 13.6. The van der Waals surface area contributed by atoms with E-state index in [1.807, 2.05) is 24.3 Å². The van der Waals surface area contributed by atoms with Crippen LogP contribution in [0.2, 0.25) is 0 Å².